The molecule has 4 heteroatoms. The molecule has 0 aliphatic rings. The Morgan fingerprint density at radius 1 is 0.639 bits per heavy atom. The van der Waals surface area contributed by atoms with E-state index in [1.165, 1.54) is 83.5 Å². The highest BCUT2D eigenvalue weighted by atomic mass is 16.3. The first kappa shape index (κ1) is 34.6. The van der Waals surface area contributed by atoms with Gasteiger partial charge in [-0.25, -0.2) is 0 Å². The van der Waals surface area contributed by atoms with Gasteiger partial charge in [-0.05, 0) is 44.9 Å². The lowest BCUT2D eigenvalue weighted by Gasteiger charge is -2.19. The number of unbranched alkanes of at least 4 members (excludes halogenated alkanes) is 15. The van der Waals surface area contributed by atoms with Crippen molar-refractivity contribution in [3.63, 3.8) is 0 Å². The zero-order valence-electron chi connectivity index (χ0n) is 23.8. The summed E-state index contributed by atoms with van der Waals surface area (Å²) in [7, 11) is 0. The third kappa shape index (κ3) is 24.3. The summed E-state index contributed by atoms with van der Waals surface area (Å²) in [5.41, 5.74) is 0. The summed E-state index contributed by atoms with van der Waals surface area (Å²) in [5, 5.41) is 22.3. The van der Waals surface area contributed by atoms with Crippen LogP contribution in [0.4, 0.5) is 0 Å². The quantitative estimate of drug-likeness (QED) is 0.0817. The van der Waals surface area contributed by atoms with Crippen molar-refractivity contribution in [2.45, 2.75) is 154 Å². The molecule has 0 saturated carbocycles. The summed E-state index contributed by atoms with van der Waals surface area (Å²) in [5.74, 6) is -0.116. The molecule has 0 aromatic rings. The zero-order chi connectivity index (χ0) is 26.5. The van der Waals surface area contributed by atoms with Crippen LogP contribution in [-0.2, 0) is 4.79 Å². The number of hydrogen-bond acceptors (Lipinski definition) is 3. The van der Waals surface area contributed by atoms with Crippen LogP contribution in [0.3, 0.4) is 0 Å². The van der Waals surface area contributed by atoms with Crippen molar-refractivity contribution in [1.29, 1.82) is 0 Å². The van der Waals surface area contributed by atoms with Gasteiger partial charge in [-0.1, -0.05) is 127 Å². The lowest BCUT2D eigenvalue weighted by molar-refractivity contribution is -0.123. The van der Waals surface area contributed by atoms with Gasteiger partial charge in [0.15, 0.2) is 0 Å². The molecule has 4 nitrogen and oxygen atoms in total. The van der Waals surface area contributed by atoms with E-state index in [-0.39, 0.29) is 12.5 Å². The standard InChI is InChI=1S/C32H59NO3/c1-3-5-7-8-9-10-11-12-13-14-15-16-17-18-19-20-21-22-23-24-25-26-27-31(35)30(29-34)33-32(36)28-6-4-2/h18-19,22-23,26-27,30-31,34-35H,3-17,20-21,24-25,28-29H2,1-2H3,(H,33,36)/b19-18+,23-22+,27-26+. The smallest absolute Gasteiger partial charge is 0.220 e. The Morgan fingerprint density at radius 2 is 1.08 bits per heavy atom. The van der Waals surface area contributed by atoms with Crippen LogP contribution in [0.15, 0.2) is 36.5 Å². The molecule has 0 aromatic heterocycles. The number of rotatable bonds is 26. The van der Waals surface area contributed by atoms with Crippen LogP contribution in [0.5, 0.6) is 0 Å². The van der Waals surface area contributed by atoms with Crippen molar-refractivity contribution < 1.29 is 15.0 Å². The van der Waals surface area contributed by atoms with Gasteiger partial charge < -0.3 is 15.5 Å². The summed E-state index contributed by atoms with van der Waals surface area (Å²) in [6, 6.07) is -0.636. The lowest BCUT2D eigenvalue weighted by atomic mass is 10.0. The second kappa shape index (κ2) is 28.2. The molecule has 2 unspecified atom stereocenters. The summed E-state index contributed by atoms with van der Waals surface area (Å²) in [6.07, 6.45) is 36.0. The van der Waals surface area contributed by atoms with Gasteiger partial charge in [0.2, 0.25) is 5.91 Å². The highest BCUT2D eigenvalue weighted by Crippen LogP contribution is 2.12. The third-order valence-electron chi connectivity index (χ3n) is 6.60. The molecule has 0 bridgehead atoms. The molecule has 210 valence electrons. The van der Waals surface area contributed by atoms with Crippen LogP contribution >= 0.6 is 0 Å². The van der Waals surface area contributed by atoms with Crippen molar-refractivity contribution in [2.75, 3.05) is 6.61 Å². The number of nitrogens with one attached hydrogen (secondary N) is 1. The Balaban J connectivity index is 3.57. The van der Waals surface area contributed by atoms with Crippen LogP contribution < -0.4 is 5.32 Å². The summed E-state index contributed by atoms with van der Waals surface area (Å²) in [6.45, 7) is 4.04. The number of hydrogen-bond donors (Lipinski definition) is 3. The van der Waals surface area contributed by atoms with Gasteiger partial charge in [-0.3, -0.25) is 4.79 Å². The molecule has 2 atom stereocenters. The second-order valence-electron chi connectivity index (χ2n) is 10.2. The Hall–Kier alpha value is -1.39. The van der Waals surface area contributed by atoms with E-state index in [0.717, 1.165) is 38.5 Å². The molecule has 36 heavy (non-hydrogen) atoms. The van der Waals surface area contributed by atoms with Crippen molar-refractivity contribution in [2.24, 2.45) is 0 Å². The van der Waals surface area contributed by atoms with E-state index in [0.29, 0.717) is 6.42 Å². The topological polar surface area (TPSA) is 69.6 Å². The number of aliphatic hydroxyl groups excluding tert-OH is 2. The molecule has 0 aliphatic carbocycles. The lowest BCUT2D eigenvalue weighted by Crippen LogP contribution is -2.45. The molecule has 3 N–H and O–H groups in total. The highest BCUT2D eigenvalue weighted by Gasteiger charge is 2.17. The van der Waals surface area contributed by atoms with Crippen molar-refractivity contribution in [1.82, 2.24) is 5.32 Å². The van der Waals surface area contributed by atoms with Gasteiger partial charge in [0.1, 0.15) is 0 Å². The Labute approximate surface area is 223 Å². The van der Waals surface area contributed by atoms with Crippen LogP contribution in [0, 0.1) is 0 Å². The van der Waals surface area contributed by atoms with E-state index in [1.807, 2.05) is 13.0 Å². The zero-order valence-corrected chi connectivity index (χ0v) is 23.8. The number of aliphatic hydroxyl groups is 2. The minimum atomic E-state index is -0.861. The van der Waals surface area contributed by atoms with E-state index in [4.69, 9.17) is 0 Å². The van der Waals surface area contributed by atoms with Gasteiger partial charge in [0, 0.05) is 6.42 Å². The molecule has 0 saturated heterocycles. The van der Waals surface area contributed by atoms with Gasteiger partial charge in [-0.2, -0.15) is 0 Å². The minimum absolute atomic E-state index is 0.116. The Morgan fingerprint density at radius 3 is 1.58 bits per heavy atom. The molecule has 0 heterocycles. The van der Waals surface area contributed by atoms with Gasteiger partial charge in [-0.15, -0.1) is 0 Å². The molecule has 0 radical (unpaired) electrons. The number of carbonyl (C=O) groups is 1. The summed E-state index contributed by atoms with van der Waals surface area (Å²) in [4.78, 5) is 11.8. The van der Waals surface area contributed by atoms with Crippen molar-refractivity contribution in [3.8, 4) is 0 Å². The van der Waals surface area contributed by atoms with Crippen LogP contribution in [0.25, 0.3) is 0 Å². The van der Waals surface area contributed by atoms with E-state index >= 15 is 0 Å². The maximum Gasteiger partial charge on any atom is 0.220 e. The second-order valence-corrected chi connectivity index (χ2v) is 10.2. The first-order valence-electron chi connectivity index (χ1n) is 15.2. The highest BCUT2D eigenvalue weighted by molar-refractivity contribution is 5.76. The maximum absolute atomic E-state index is 11.8. The predicted octanol–water partition coefficient (Wildman–Crippen LogP) is 8.33. The first-order valence-corrected chi connectivity index (χ1v) is 15.2. The number of amides is 1. The molecule has 0 aromatic carbocycles. The molecule has 0 rings (SSSR count). The molecular formula is C32H59NO3. The van der Waals surface area contributed by atoms with E-state index in [9.17, 15) is 15.0 Å². The average Bonchev–Trinajstić information content (AvgIpc) is 2.88. The minimum Gasteiger partial charge on any atom is -0.394 e. The fourth-order valence-corrected chi connectivity index (χ4v) is 4.18. The summed E-state index contributed by atoms with van der Waals surface area (Å²) >= 11 is 0. The molecule has 0 aliphatic heterocycles. The van der Waals surface area contributed by atoms with Crippen LogP contribution in [0.1, 0.15) is 142 Å². The van der Waals surface area contributed by atoms with E-state index < -0.39 is 12.1 Å². The predicted molar refractivity (Wildman–Crippen MR) is 156 cm³/mol. The van der Waals surface area contributed by atoms with E-state index in [2.05, 4.69) is 36.5 Å². The normalized spacial score (nSPS) is 13.8. The van der Waals surface area contributed by atoms with Crippen molar-refractivity contribution >= 4 is 5.91 Å². The number of allylic oxidation sites excluding steroid dienone is 5. The molecule has 0 spiro atoms. The van der Waals surface area contributed by atoms with Gasteiger partial charge in [0.25, 0.3) is 0 Å². The van der Waals surface area contributed by atoms with Crippen molar-refractivity contribution in [3.05, 3.63) is 36.5 Å². The SMILES string of the molecule is CCCCCCCCCCCCCC/C=C/CC/C=C/CC/C=C/C(O)C(CO)NC(=O)CCCC. The fraction of sp³-hybridized carbons (Fsp3) is 0.781. The Bertz CT molecular complexity index is 556. The van der Waals surface area contributed by atoms with Gasteiger partial charge >= 0.3 is 0 Å². The first-order chi connectivity index (χ1) is 17.7. The van der Waals surface area contributed by atoms with Gasteiger partial charge in [0.05, 0.1) is 18.8 Å². The summed E-state index contributed by atoms with van der Waals surface area (Å²) < 4.78 is 0. The average molecular weight is 506 g/mol. The monoisotopic (exact) mass is 505 g/mol. The molecule has 0 fully saturated rings. The van der Waals surface area contributed by atoms with E-state index in [1.54, 1.807) is 6.08 Å². The molecular weight excluding hydrogens is 446 g/mol. The molecule has 1 amide bonds. The fourth-order valence-electron chi connectivity index (χ4n) is 4.18. The third-order valence-corrected chi connectivity index (χ3v) is 6.60. The Kier molecular flexibility index (Phi) is 27.1. The largest absolute Gasteiger partial charge is 0.394 e. The maximum atomic E-state index is 11.8. The number of carbonyl (C=O) groups excluding carboxylic acids is 1. The van der Waals surface area contributed by atoms with Crippen LogP contribution in [-0.4, -0.2) is 34.9 Å². The van der Waals surface area contributed by atoms with Crippen LogP contribution in [0.2, 0.25) is 0 Å².